The van der Waals surface area contributed by atoms with E-state index in [0.717, 1.165) is 12.8 Å². The minimum atomic E-state index is -3.46. The SMILES string of the molecule is CC(NS(=O)(=O)N1CCC(CN)CC1)c1ncc[nH]1. The molecule has 7 nitrogen and oxygen atoms in total. The molecule has 0 saturated carbocycles. The lowest BCUT2D eigenvalue weighted by Crippen LogP contribution is -2.46. The first-order valence-corrected chi connectivity index (χ1v) is 7.93. The van der Waals surface area contributed by atoms with Gasteiger partial charge in [0.1, 0.15) is 5.82 Å². The third-order valence-electron chi connectivity index (χ3n) is 3.50. The van der Waals surface area contributed by atoms with Crippen LogP contribution in [0.25, 0.3) is 0 Å². The van der Waals surface area contributed by atoms with Gasteiger partial charge < -0.3 is 10.7 Å². The van der Waals surface area contributed by atoms with E-state index < -0.39 is 10.2 Å². The van der Waals surface area contributed by atoms with Crippen LogP contribution >= 0.6 is 0 Å². The molecule has 4 N–H and O–H groups in total. The third-order valence-corrected chi connectivity index (χ3v) is 5.20. The van der Waals surface area contributed by atoms with Crippen molar-refractivity contribution in [3.05, 3.63) is 18.2 Å². The van der Waals surface area contributed by atoms with Gasteiger partial charge in [0.2, 0.25) is 0 Å². The van der Waals surface area contributed by atoms with Crippen LogP contribution in [-0.2, 0) is 10.2 Å². The van der Waals surface area contributed by atoms with Crippen molar-refractivity contribution in [1.82, 2.24) is 19.0 Å². The van der Waals surface area contributed by atoms with E-state index in [1.165, 1.54) is 4.31 Å². The Hall–Kier alpha value is -0.960. The summed E-state index contributed by atoms with van der Waals surface area (Å²) in [5.41, 5.74) is 5.61. The van der Waals surface area contributed by atoms with Crippen molar-refractivity contribution < 1.29 is 8.42 Å². The number of rotatable bonds is 5. The first-order valence-electron chi connectivity index (χ1n) is 6.49. The molecule has 1 aliphatic heterocycles. The summed E-state index contributed by atoms with van der Waals surface area (Å²) >= 11 is 0. The largest absolute Gasteiger partial charge is 0.347 e. The quantitative estimate of drug-likeness (QED) is 0.707. The standard InChI is InChI=1S/C11H21N5O2S/c1-9(11-13-4-5-14-11)15-19(17,18)16-6-2-10(8-12)3-7-16/h4-5,9-10,15H,2-3,6-8,12H2,1H3,(H,13,14). The van der Waals surface area contributed by atoms with E-state index in [-0.39, 0.29) is 6.04 Å². The first-order chi connectivity index (χ1) is 9.03. The topological polar surface area (TPSA) is 104 Å². The number of hydrogen-bond donors (Lipinski definition) is 3. The zero-order chi connectivity index (χ0) is 13.9. The van der Waals surface area contributed by atoms with Crippen LogP contribution in [0, 0.1) is 5.92 Å². The van der Waals surface area contributed by atoms with Crippen molar-refractivity contribution in [3.8, 4) is 0 Å². The molecule has 0 aliphatic carbocycles. The van der Waals surface area contributed by atoms with Crippen LogP contribution in [0.15, 0.2) is 12.4 Å². The van der Waals surface area contributed by atoms with Crippen LogP contribution in [0.3, 0.4) is 0 Å². The van der Waals surface area contributed by atoms with Gasteiger partial charge in [0, 0.05) is 25.5 Å². The van der Waals surface area contributed by atoms with Gasteiger partial charge in [0.25, 0.3) is 10.2 Å². The van der Waals surface area contributed by atoms with Crippen LogP contribution in [0.2, 0.25) is 0 Å². The van der Waals surface area contributed by atoms with Gasteiger partial charge in [-0.15, -0.1) is 0 Å². The second kappa shape index (κ2) is 6.00. The second-order valence-corrected chi connectivity index (χ2v) is 6.60. The highest BCUT2D eigenvalue weighted by molar-refractivity contribution is 7.87. The molecule has 0 radical (unpaired) electrons. The zero-order valence-corrected chi connectivity index (χ0v) is 11.9. The molecule has 0 aromatic carbocycles. The molecular formula is C11H21N5O2S. The number of nitrogens with one attached hydrogen (secondary N) is 2. The highest BCUT2D eigenvalue weighted by Crippen LogP contribution is 2.19. The maximum Gasteiger partial charge on any atom is 0.280 e. The van der Waals surface area contributed by atoms with Crippen molar-refractivity contribution >= 4 is 10.2 Å². The lowest BCUT2D eigenvalue weighted by Gasteiger charge is -2.31. The number of piperidine rings is 1. The summed E-state index contributed by atoms with van der Waals surface area (Å²) in [5.74, 6) is 1.05. The second-order valence-electron chi connectivity index (χ2n) is 4.90. The molecule has 1 aliphatic rings. The minimum Gasteiger partial charge on any atom is -0.347 e. The molecule has 0 spiro atoms. The lowest BCUT2D eigenvalue weighted by atomic mass is 9.99. The Kier molecular flexibility index (Phi) is 4.56. The molecule has 1 saturated heterocycles. The molecule has 2 heterocycles. The summed E-state index contributed by atoms with van der Waals surface area (Å²) in [4.78, 5) is 6.96. The highest BCUT2D eigenvalue weighted by atomic mass is 32.2. The Morgan fingerprint density at radius 3 is 2.79 bits per heavy atom. The van der Waals surface area contributed by atoms with E-state index in [1.807, 2.05) is 0 Å². The summed E-state index contributed by atoms with van der Waals surface area (Å²) in [5, 5.41) is 0. The molecule has 1 aromatic heterocycles. The summed E-state index contributed by atoms with van der Waals surface area (Å²) in [6.45, 7) is 3.46. The predicted molar refractivity (Wildman–Crippen MR) is 72.4 cm³/mol. The summed E-state index contributed by atoms with van der Waals surface area (Å²) < 4.78 is 28.6. The Morgan fingerprint density at radius 1 is 1.58 bits per heavy atom. The van der Waals surface area contributed by atoms with Gasteiger partial charge in [0.15, 0.2) is 0 Å². The number of hydrogen-bond acceptors (Lipinski definition) is 4. The number of nitrogens with zero attached hydrogens (tertiary/aromatic N) is 2. The fourth-order valence-electron chi connectivity index (χ4n) is 2.25. The van der Waals surface area contributed by atoms with Gasteiger partial charge in [0.05, 0.1) is 6.04 Å². The Labute approximate surface area is 113 Å². The molecule has 1 unspecified atom stereocenters. The van der Waals surface area contributed by atoms with E-state index in [9.17, 15) is 8.42 Å². The van der Waals surface area contributed by atoms with Crippen LogP contribution in [0.1, 0.15) is 31.6 Å². The third kappa shape index (κ3) is 3.53. The highest BCUT2D eigenvalue weighted by Gasteiger charge is 2.29. The molecular weight excluding hydrogens is 266 g/mol. The fourth-order valence-corrected chi connectivity index (χ4v) is 3.65. The molecule has 0 amide bonds. The fraction of sp³-hybridized carbons (Fsp3) is 0.727. The maximum atomic E-state index is 12.2. The summed E-state index contributed by atoms with van der Waals surface area (Å²) in [7, 11) is -3.46. The number of aromatic amines is 1. The predicted octanol–water partition coefficient (Wildman–Crippen LogP) is -0.0242. The van der Waals surface area contributed by atoms with Crippen molar-refractivity contribution in [2.24, 2.45) is 11.7 Å². The average Bonchev–Trinajstić information content (AvgIpc) is 2.92. The van der Waals surface area contributed by atoms with E-state index in [1.54, 1.807) is 19.3 Å². The number of aromatic nitrogens is 2. The molecule has 2 rings (SSSR count). The zero-order valence-electron chi connectivity index (χ0n) is 11.0. The Balaban J connectivity index is 1.95. The van der Waals surface area contributed by atoms with Gasteiger partial charge in [-0.3, -0.25) is 0 Å². The normalized spacial score (nSPS) is 20.5. The van der Waals surface area contributed by atoms with Crippen LogP contribution < -0.4 is 10.5 Å². The summed E-state index contributed by atoms with van der Waals surface area (Å²) in [6.07, 6.45) is 4.93. The molecule has 8 heteroatoms. The first kappa shape index (κ1) is 14.4. The number of nitrogens with two attached hydrogens (primary N) is 1. The van der Waals surface area contributed by atoms with Crippen LogP contribution in [0.4, 0.5) is 0 Å². The molecule has 19 heavy (non-hydrogen) atoms. The lowest BCUT2D eigenvalue weighted by molar-refractivity contribution is 0.274. The van der Waals surface area contributed by atoms with Crippen molar-refractivity contribution in [2.75, 3.05) is 19.6 Å². The van der Waals surface area contributed by atoms with Gasteiger partial charge in [-0.25, -0.2) is 4.98 Å². The maximum absolute atomic E-state index is 12.2. The molecule has 108 valence electrons. The number of H-pyrrole nitrogens is 1. The smallest absolute Gasteiger partial charge is 0.280 e. The van der Waals surface area contributed by atoms with Crippen molar-refractivity contribution in [3.63, 3.8) is 0 Å². The van der Waals surface area contributed by atoms with Gasteiger partial charge >= 0.3 is 0 Å². The average molecular weight is 287 g/mol. The molecule has 0 bridgehead atoms. The van der Waals surface area contributed by atoms with E-state index >= 15 is 0 Å². The van der Waals surface area contributed by atoms with E-state index in [0.29, 0.717) is 31.4 Å². The molecule has 1 fully saturated rings. The number of imidazole rings is 1. The Bertz CT molecular complexity index is 479. The molecule has 1 aromatic rings. The Morgan fingerprint density at radius 2 is 2.26 bits per heavy atom. The monoisotopic (exact) mass is 287 g/mol. The van der Waals surface area contributed by atoms with Crippen molar-refractivity contribution in [1.29, 1.82) is 0 Å². The van der Waals surface area contributed by atoms with Crippen molar-refractivity contribution in [2.45, 2.75) is 25.8 Å². The van der Waals surface area contributed by atoms with Gasteiger partial charge in [-0.1, -0.05) is 0 Å². The minimum absolute atomic E-state index is 0.368. The van der Waals surface area contributed by atoms with E-state index in [2.05, 4.69) is 14.7 Å². The van der Waals surface area contributed by atoms with Crippen LogP contribution in [0.5, 0.6) is 0 Å². The van der Waals surface area contributed by atoms with Gasteiger partial charge in [-0.2, -0.15) is 17.4 Å². The van der Waals surface area contributed by atoms with Crippen LogP contribution in [-0.4, -0.2) is 42.3 Å². The van der Waals surface area contributed by atoms with Gasteiger partial charge in [-0.05, 0) is 32.2 Å². The summed E-state index contributed by atoms with van der Waals surface area (Å²) in [6, 6.07) is -0.368. The molecule has 1 atom stereocenters. The van der Waals surface area contributed by atoms with E-state index in [4.69, 9.17) is 5.73 Å².